The predicted octanol–water partition coefficient (Wildman–Crippen LogP) is 2.31. The summed E-state index contributed by atoms with van der Waals surface area (Å²) in [4.78, 5) is 48.0. The average molecular weight is 431 g/mol. The number of nitrogens with zero attached hydrogens (tertiary/aromatic N) is 3. The molecule has 3 N–H and O–H groups in total. The van der Waals surface area contributed by atoms with Crippen LogP contribution in [0, 0.1) is 5.92 Å². The third-order valence-electron chi connectivity index (χ3n) is 5.13. The fourth-order valence-corrected chi connectivity index (χ4v) is 3.39. The molecule has 0 aliphatic carbocycles. The van der Waals surface area contributed by atoms with Gasteiger partial charge >= 0.3 is 0 Å². The lowest BCUT2D eigenvalue weighted by Gasteiger charge is -2.10. The molecule has 2 amide bonds. The van der Waals surface area contributed by atoms with E-state index < -0.39 is 5.91 Å². The Morgan fingerprint density at radius 2 is 1.94 bits per heavy atom. The molecule has 162 valence electrons. The van der Waals surface area contributed by atoms with Gasteiger partial charge in [-0.05, 0) is 49.7 Å². The summed E-state index contributed by atoms with van der Waals surface area (Å²) in [6.45, 7) is 2.11. The summed E-state index contributed by atoms with van der Waals surface area (Å²) in [5.74, 6) is 0.293. The summed E-state index contributed by atoms with van der Waals surface area (Å²) in [5, 5.41) is 2.80. The Balaban J connectivity index is 1.55. The Hall–Kier alpha value is -4.14. The highest BCUT2D eigenvalue weighted by molar-refractivity contribution is 5.93. The van der Waals surface area contributed by atoms with E-state index >= 15 is 0 Å². The quantitative estimate of drug-likeness (QED) is 0.548. The van der Waals surface area contributed by atoms with Gasteiger partial charge < -0.3 is 15.8 Å². The van der Waals surface area contributed by atoms with Gasteiger partial charge in [0.1, 0.15) is 11.4 Å². The summed E-state index contributed by atoms with van der Waals surface area (Å²) in [5.41, 5.74) is 7.30. The van der Waals surface area contributed by atoms with Crippen LogP contribution in [0.2, 0.25) is 0 Å². The van der Waals surface area contributed by atoms with Crippen LogP contribution in [-0.2, 0) is 11.2 Å². The highest BCUT2D eigenvalue weighted by atomic mass is 16.5. The van der Waals surface area contributed by atoms with Crippen LogP contribution in [0.25, 0.3) is 11.4 Å². The van der Waals surface area contributed by atoms with Gasteiger partial charge in [-0.15, -0.1) is 0 Å². The van der Waals surface area contributed by atoms with E-state index in [9.17, 15) is 14.4 Å². The molecule has 2 aromatic heterocycles. The number of nitrogens with one attached hydrogen (secondary N) is 1. The van der Waals surface area contributed by atoms with Gasteiger partial charge in [0.25, 0.3) is 5.91 Å². The maximum atomic E-state index is 11.9. The van der Waals surface area contributed by atoms with Crippen LogP contribution >= 0.6 is 0 Å². The SMILES string of the molecule is CC(=O)c1ccc(Oc2ccc(-c3nc(C[C@H]4CCNC4=O)cc(C(N)=O)n3)cc2)nc1. The molecule has 1 aliphatic heterocycles. The summed E-state index contributed by atoms with van der Waals surface area (Å²) in [6.07, 6.45) is 2.59. The number of ether oxygens (including phenoxy) is 1. The van der Waals surface area contributed by atoms with E-state index in [0.29, 0.717) is 47.2 Å². The van der Waals surface area contributed by atoms with Gasteiger partial charge in [-0.25, -0.2) is 15.0 Å². The van der Waals surface area contributed by atoms with Crippen molar-refractivity contribution in [1.82, 2.24) is 20.3 Å². The molecule has 1 saturated heterocycles. The Kier molecular flexibility index (Phi) is 5.89. The maximum Gasteiger partial charge on any atom is 0.267 e. The van der Waals surface area contributed by atoms with Crippen LogP contribution in [-0.4, -0.2) is 39.1 Å². The molecule has 1 aromatic carbocycles. The van der Waals surface area contributed by atoms with Crippen molar-refractivity contribution in [3.63, 3.8) is 0 Å². The standard InChI is InChI=1S/C23H21N5O4/c1-13(29)16-4-7-20(26-12-16)32-18-5-2-14(3-6-18)22-27-17(11-19(28-22)21(24)30)10-15-8-9-25-23(15)31/h2-7,11-12,15H,8-10H2,1H3,(H2,24,30)(H,25,31)/t15-/m1/s1. The van der Waals surface area contributed by atoms with Gasteiger partial charge in [-0.2, -0.15) is 0 Å². The number of hydrogen-bond donors (Lipinski definition) is 2. The Morgan fingerprint density at radius 3 is 2.53 bits per heavy atom. The number of ketones is 1. The fourth-order valence-electron chi connectivity index (χ4n) is 3.39. The van der Waals surface area contributed by atoms with Gasteiger partial charge in [0.05, 0.1) is 0 Å². The van der Waals surface area contributed by atoms with Crippen molar-refractivity contribution in [3.8, 4) is 23.0 Å². The Labute approximate surface area is 184 Å². The van der Waals surface area contributed by atoms with E-state index in [-0.39, 0.29) is 23.3 Å². The largest absolute Gasteiger partial charge is 0.439 e. The van der Waals surface area contributed by atoms with Crippen molar-refractivity contribution in [3.05, 3.63) is 65.6 Å². The van der Waals surface area contributed by atoms with E-state index in [0.717, 1.165) is 6.42 Å². The van der Waals surface area contributed by atoms with E-state index in [2.05, 4.69) is 20.3 Å². The highest BCUT2D eigenvalue weighted by Gasteiger charge is 2.25. The number of amides is 2. The fraction of sp³-hybridized carbons (Fsp3) is 0.217. The first-order valence-electron chi connectivity index (χ1n) is 10.1. The second kappa shape index (κ2) is 8.93. The molecular weight excluding hydrogens is 410 g/mol. The topological polar surface area (TPSA) is 137 Å². The molecule has 0 spiro atoms. The number of pyridine rings is 1. The van der Waals surface area contributed by atoms with Crippen LogP contribution < -0.4 is 15.8 Å². The smallest absolute Gasteiger partial charge is 0.267 e. The number of carbonyl (C=O) groups is 3. The maximum absolute atomic E-state index is 11.9. The van der Waals surface area contributed by atoms with Crippen molar-refractivity contribution < 1.29 is 19.1 Å². The van der Waals surface area contributed by atoms with Crippen LogP contribution in [0.1, 0.15) is 39.9 Å². The molecule has 0 bridgehead atoms. The second-order valence-corrected chi connectivity index (χ2v) is 7.48. The molecule has 9 heteroatoms. The summed E-state index contributed by atoms with van der Waals surface area (Å²) in [6, 6.07) is 11.8. The first-order valence-corrected chi connectivity index (χ1v) is 10.1. The molecule has 1 fully saturated rings. The van der Waals surface area contributed by atoms with Crippen LogP contribution in [0.4, 0.5) is 0 Å². The zero-order valence-electron chi connectivity index (χ0n) is 17.4. The number of hydrogen-bond acceptors (Lipinski definition) is 7. The summed E-state index contributed by atoms with van der Waals surface area (Å²) in [7, 11) is 0. The third kappa shape index (κ3) is 4.77. The summed E-state index contributed by atoms with van der Waals surface area (Å²) < 4.78 is 5.71. The van der Waals surface area contributed by atoms with Crippen molar-refractivity contribution in [2.24, 2.45) is 11.7 Å². The minimum absolute atomic E-state index is 0.0165. The number of primary amides is 1. The first kappa shape index (κ1) is 21.1. The molecule has 3 aromatic rings. The van der Waals surface area contributed by atoms with E-state index in [1.807, 2.05) is 0 Å². The van der Waals surface area contributed by atoms with Crippen molar-refractivity contribution >= 4 is 17.6 Å². The zero-order chi connectivity index (χ0) is 22.7. The minimum Gasteiger partial charge on any atom is -0.439 e. The molecule has 4 rings (SSSR count). The van der Waals surface area contributed by atoms with Crippen LogP contribution in [0.15, 0.2) is 48.7 Å². The molecule has 0 radical (unpaired) electrons. The number of Topliss-reactive ketones (excluding diaryl/α,β-unsaturated/α-hetero) is 1. The van der Waals surface area contributed by atoms with Crippen molar-refractivity contribution in [1.29, 1.82) is 0 Å². The zero-order valence-corrected chi connectivity index (χ0v) is 17.4. The number of rotatable bonds is 7. The van der Waals surface area contributed by atoms with Crippen LogP contribution in [0.3, 0.4) is 0 Å². The predicted molar refractivity (Wildman–Crippen MR) is 115 cm³/mol. The number of benzene rings is 1. The monoisotopic (exact) mass is 431 g/mol. The number of carbonyl (C=O) groups excluding carboxylic acids is 3. The number of nitrogens with two attached hydrogens (primary N) is 1. The highest BCUT2D eigenvalue weighted by Crippen LogP contribution is 2.25. The normalized spacial score (nSPS) is 15.3. The Morgan fingerprint density at radius 1 is 1.16 bits per heavy atom. The molecule has 0 saturated carbocycles. The number of aromatic nitrogens is 3. The lowest BCUT2D eigenvalue weighted by atomic mass is 10.0. The molecule has 1 aliphatic rings. The molecule has 32 heavy (non-hydrogen) atoms. The molecule has 9 nitrogen and oxygen atoms in total. The van der Waals surface area contributed by atoms with Gasteiger partial charge in [0.15, 0.2) is 11.6 Å². The van der Waals surface area contributed by atoms with Gasteiger partial charge in [0, 0.05) is 48.0 Å². The molecule has 3 heterocycles. The second-order valence-electron chi connectivity index (χ2n) is 7.48. The van der Waals surface area contributed by atoms with Crippen molar-refractivity contribution in [2.45, 2.75) is 19.8 Å². The molecular formula is C23H21N5O4. The lowest BCUT2D eigenvalue weighted by Crippen LogP contribution is -2.21. The van der Waals surface area contributed by atoms with Crippen molar-refractivity contribution in [2.75, 3.05) is 6.54 Å². The summed E-state index contributed by atoms with van der Waals surface area (Å²) >= 11 is 0. The van der Waals surface area contributed by atoms with Crippen LogP contribution in [0.5, 0.6) is 11.6 Å². The minimum atomic E-state index is -0.661. The average Bonchev–Trinajstić information content (AvgIpc) is 3.18. The third-order valence-corrected chi connectivity index (χ3v) is 5.13. The molecule has 1 atom stereocenters. The van der Waals surface area contributed by atoms with Gasteiger partial charge in [-0.1, -0.05) is 0 Å². The van der Waals surface area contributed by atoms with Gasteiger partial charge in [0.2, 0.25) is 11.8 Å². The van der Waals surface area contributed by atoms with E-state index in [1.54, 1.807) is 36.4 Å². The lowest BCUT2D eigenvalue weighted by molar-refractivity contribution is -0.122. The van der Waals surface area contributed by atoms with E-state index in [4.69, 9.17) is 10.5 Å². The first-order chi connectivity index (χ1) is 15.4. The van der Waals surface area contributed by atoms with E-state index in [1.165, 1.54) is 19.2 Å². The van der Waals surface area contributed by atoms with Gasteiger partial charge in [-0.3, -0.25) is 14.4 Å². The Bertz CT molecular complexity index is 1180. The molecule has 0 unspecified atom stereocenters.